The Balaban J connectivity index is 3.53. The summed E-state index contributed by atoms with van der Waals surface area (Å²) >= 11 is 0. The van der Waals surface area contributed by atoms with Crippen LogP contribution in [0.4, 0.5) is 8.78 Å². The Labute approximate surface area is 215 Å². The second kappa shape index (κ2) is 11.9. The van der Waals surface area contributed by atoms with Gasteiger partial charge in [-0.25, -0.2) is 4.18 Å². The predicted molar refractivity (Wildman–Crippen MR) is 142 cm³/mol. The van der Waals surface area contributed by atoms with Crippen molar-refractivity contribution in [3.63, 3.8) is 0 Å². The van der Waals surface area contributed by atoms with Crippen molar-refractivity contribution in [2.45, 2.75) is 141 Å². The van der Waals surface area contributed by atoms with Crippen LogP contribution < -0.4 is 0 Å². The van der Waals surface area contributed by atoms with Gasteiger partial charge in [-0.3, -0.25) is 0 Å². The second-order valence-electron chi connectivity index (χ2n) is 12.0. The van der Waals surface area contributed by atoms with Crippen LogP contribution in [0.25, 0.3) is 0 Å². The van der Waals surface area contributed by atoms with Crippen molar-refractivity contribution < 1.29 is 35.0 Å². The number of hydrogen-bond donors (Lipinski definition) is 0. The molecule has 1 unspecified atom stereocenters. The maximum atomic E-state index is 15.8. The van der Waals surface area contributed by atoms with Crippen molar-refractivity contribution in [1.82, 2.24) is 0 Å². The molecule has 0 aromatic carbocycles. The topological polar surface area (TPSA) is 71.1 Å². The van der Waals surface area contributed by atoms with Crippen LogP contribution in [0.3, 0.4) is 0 Å². The second-order valence-corrected chi connectivity index (χ2v) is 24.4. The Hall–Kier alpha value is 0.0838. The third-order valence-corrected chi connectivity index (χ3v) is 20.5. The molecule has 3 atom stereocenters. The molecule has 0 saturated carbocycles. The molecule has 1 aliphatic heterocycles. The van der Waals surface area contributed by atoms with Gasteiger partial charge in [0.25, 0.3) is 10.1 Å². The highest BCUT2D eigenvalue weighted by atomic mass is 32.2. The third-order valence-electron chi connectivity index (χ3n) is 7.83. The van der Waals surface area contributed by atoms with Gasteiger partial charge in [0.15, 0.2) is 8.32 Å². The van der Waals surface area contributed by atoms with Crippen molar-refractivity contribution >= 4 is 26.8 Å². The molecule has 1 rings (SSSR count). The van der Waals surface area contributed by atoms with E-state index in [9.17, 15) is 8.42 Å². The molecule has 1 saturated heterocycles. The van der Waals surface area contributed by atoms with Crippen LogP contribution in [0.2, 0.25) is 33.2 Å². The summed E-state index contributed by atoms with van der Waals surface area (Å²) in [5.41, 5.74) is 0.938. The Morgan fingerprint density at radius 1 is 0.771 bits per heavy atom. The van der Waals surface area contributed by atoms with Crippen LogP contribution >= 0.6 is 0 Å². The molecule has 35 heavy (non-hydrogen) atoms. The Kier molecular flexibility index (Phi) is 11.2. The van der Waals surface area contributed by atoms with E-state index in [1.165, 1.54) is 0 Å². The molecule has 0 amide bonds. The fourth-order valence-electron chi connectivity index (χ4n) is 6.58. The first-order valence-electron chi connectivity index (χ1n) is 12.9. The van der Waals surface area contributed by atoms with E-state index in [0.717, 1.165) is 6.26 Å². The van der Waals surface area contributed by atoms with Gasteiger partial charge in [0.2, 0.25) is 14.6 Å². The smallest absolute Gasteiger partial charge is 0.325 e. The largest absolute Gasteiger partial charge is 0.413 e. The van der Waals surface area contributed by atoms with E-state index >= 15 is 8.78 Å². The van der Waals surface area contributed by atoms with Crippen molar-refractivity contribution in [2.75, 3.05) is 12.9 Å². The molecule has 0 aromatic heterocycles. The number of hydrogen-bond acceptors (Lipinski definition) is 6. The highest BCUT2D eigenvalue weighted by Crippen LogP contribution is 2.49. The zero-order valence-electron chi connectivity index (χ0n) is 24.0. The van der Waals surface area contributed by atoms with E-state index in [2.05, 4.69) is 41.5 Å². The average molecular weight is 561 g/mol. The van der Waals surface area contributed by atoms with Crippen LogP contribution in [0.1, 0.15) is 83.1 Å². The average Bonchev–Trinajstić information content (AvgIpc) is 2.86. The third kappa shape index (κ3) is 6.75. The zero-order valence-corrected chi connectivity index (χ0v) is 26.8. The van der Waals surface area contributed by atoms with E-state index in [1.807, 2.05) is 41.5 Å². The van der Waals surface area contributed by atoms with Crippen molar-refractivity contribution in [2.24, 2.45) is 0 Å². The molecule has 1 fully saturated rings. The molecule has 0 bridgehead atoms. The lowest BCUT2D eigenvalue weighted by Crippen LogP contribution is -2.57. The first kappa shape index (κ1) is 33.1. The van der Waals surface area contributed by atoms with Gasteiger partial charge in [-0.15, -0.1) is 0 Å². The van der Waals surface area contributed by atoms with Crippen LogP contribution in [-0.4, -0.2) is 62.3 Å². The Morgan fingerprint density at radius 3 is 1.46 bits per heavy atom. The zero-order chi connectivity index (χ0) is 27.7. The summed E-state index contributed by atoms with van der Waals surface area (Å²) < 4.78 is 78.7. The maximum absolute atomic E-state index is 15.8. The molecule has 210 valence electrons. The number of ether oxygens (including phenoxy) is 1. The van der Waals surface area contributed by atoms with E-state index in [4.69, 9.17) is 17.8 Å². The van der Waals surface area contributed by atoms with Gasteiger partial charge in [0.05, 0.1) is 12.9 Å². The van der Waals surface area contributed by atoms with E-state index in [0.29, 0.717) is 0 Å². The maximum Gasteiger partial charge on any atom is 0.325 e. The molecule has 11 heteroatoms. The molecule has 0 spiro atoms. The molecule has 6 nitrogen and oxygen atoms in total. The number of rotatable bonds is 13. The first-order chi connectivity index (χ1) is 15.7. The summed E-state index contributed by atoms with van der Waals surface area (Å²) in [6.45, 7) is 24.7. The lowest BCUT2D eigenvalue weighted by atomic mass is 10.1. The lowest BCUT2D eigenvalue weighted by molar-refractivity contribution is -0.181. The van der Waals surface area contributed by atoms with E-state index in [-0.39, 0.29) is 39.9 Å². The van der Waals surface area contributed by atoms with E-state index in [1.54, 1.807) is 0 Å². The summed E-state index contributed by atoms with van der Waals surface area (Å²) in [5, 5.41) is 0. The molecular weight excluding hydrogens is 510 g/mol. The van der Waals surface area contributed by atoms with Gasteiger partial charge in [-0.2, -0.15) is 17.2 Å². The van der Waals surface area contributed by atoms with E-state index < -0.39 is 51.2 Å². The normalized spacial score (nSPS) is 24.2. The Bertz CT molecular complexity index is 743. The number of halogens is 2. The molecule has 1 aliphatic rings. The van der Waals surface area contributed by atoms with Gasteiger partial charge in [0, 0.05) is 0 Å². The van der Waals surface area contributed by atoms with Gasteiger partial charge in [0.1, 0.15) is 12.2 Å². The highest BCUT2D eigenvalue weighted by Gasteiger charge is 2.65. The molecular formula is C24H50F2O6SSi2. The van der Waals surface area contributed by atoms with Crippen LogP contribution in [0.5, 0.6) is 0 Å². The van der Waals surface area contributed by atoms with Crippen molar-refractivity contribution in [3.8, 4) is 0 Å². The van der Waals surface area contributed by atoms with Gasteiger partial charge in [-0.1, -0.05) is 83.1 Å². The van der Waals surface area contributed by atoms with Gasteiger partial charge < -0.3 is 13.6 Å². The lowest BCUT2D eigenvalue weighted by Gasteiger charge is -2.46. The summed E-state index contributed by atoms with van der Waals surface area (Å²) in [7, 11) is -9.34. The molecule has 0 aliphatic carbocycles. The highest BCUT2D eigenvalue weighted by molar-refractivity contribution is 7.86. The van der Waals surface area contributed by atoms with Crippen molar-refractivity contribution in [3.05, 3.63) is 0 Å². The number of alkyl halides is 2. The summed E-state index contributed by atoms with van der Waals surface area (Å²) in [5.74, 6) is -3.66. The fraction of sp³-hybridized carbons (Fsp3) is 1.00. The summed E-state index contributed by atoms with van der Waals surface area (Å²) in [6, 6.07) is 0. The molecule has 0 aromatic rings. The van der Waals surface area contributed by atoms with Gasteiger partial charge >= 0.3 is 5.92 Å². The predicted octanol–water partition coefficient (Wildman–Crippen LogP) is 7.08. The minimum Gasteiger partial charge on any atom is -0.413 e. The monoisotopic (exact) mass is 560 g/mol. The van der Waals surface area contributed by atoms with Crippen LogP contribution in [0.15, 0.2) is 0 Å². The fourth-order valence-corrected chi connectivity index (χ4v) is 18.1. The summed E-state index contributed by atoms with van der Waals surface area (Å²) in [4.78, 5) is 0. The SMILES string of the molecule is CC(C)[Si](OC[C@H]1OC(OS(C)(=O)=O)C(F)(F)[C@@H]1O[Si](C(C)C)(C(C)C)C(C)C)(C(C)C)C(C)C. The van der Waals surface area contributed by atoms with Crippen molar-refractivity contribution in [1.29, 1.82) is 0 Å². The quantitative estimate of drug-likeness (QED) is 0.177. The van der Waals surface area contributed by atoms with Gasteiger partial charge in [-0.05, 0) is 33.2 Å². The Morgan fingerprint density at radius 2 is 1.14 bits per heavy atom. The first-order valence-corrected chi connectivity index (χ1v) is 19.0. The molecule has 0 radical (unpaired) electrons. The standard InChI is InChI=1S/C24H50F2O6SSi2/c1-15(2)34(16(3)4,17(5)6)29-14-21-22(24(25,26)23(30-21)31-33(13,27)28)32-35(18(7)8,19(9)10)20(11)12/h15-23H,14H2,1-13H3/t21-,22-,23?/m1/s1. The molecule has 0 N–H and O–H groups in total. The summed E-state index contributed by atoms with van der Waals surface area (Å²) in [6.07, 6.45) is -4.31. The minimum atomic E-state index is -4.18. The minimum absolute atomic E-state index is 0.0604. The van der Waals surface area contributed by atoms with Crippen LogP contribution in [-0.2, 0) is 27.9 Å². The van der Waals surface area contributed by atoms with Crippen LogP contribution in [0, 0.1) is 0 Å². The molecule has 1 heterocycles.